The molecule has 0 radical (unpaired) electrons. The second-order valence-electron chi connectivity index (χ2n) is 6.72. The van der Waals surface area contributed by atoms with Crippen LogP contribution >= 0.6 is 23.5 Å². The van der Waals surface area contributed by atoms with Gasteiger partial charge in [0.25, 0.3) is 5.91 Å². The van der Waals surface area contributed by atoms with Gasteiger partial charge in [0.1, 0.15) is 10.1 Å². The monoisotopic (exact) mass is 410 g/mol. The van der Waals surface area contributed by atoms with E-state index in [1.165, 1.54) is 5.57 Å². The fourth-order valence-corrected chi connectivity index (χ4v) is 5.37. The summed E-state index contributed by atoms with van der Waals surface area (Å²) in [6, 6.07) is 15.2. The van der Waals surface area contributed by atoms with Gasteiger partial charge in [-0.1, -0.05) is 59.9 Å². The molecule has 28 heavy (non-hydrogen) atoms. The van der Waals surface area contributed by atoms with Gasteiger partial charge < -0.3 is 10.0 Å². The number of carbonyl (C=O) groups is 1. The van der Waals surface area contributed by atoms with Crippen LogP contribution in [0.15, 0.2) is 59.6 Å². The molecule has 2 aliphatic heterocycles. The lowest BCUT2D eigenvalue weighted by Crippen LogP contribution is -2.35. The maximum atomic E-state index is 13.1. The largest absolute Gasteiger partial charge is 0.508 e. The van der Waals surface area contributed by atoms with E-state index >= 15 is 0 Å². The van der Waals surface area contributed by atoms with Gasteiger partial charge in [-0.15, -0.1) is 0 Å². The summed E-state index contributed by atoms with van der Waals surface area (Å²) < 4.78 is 1.13. The van der Waals surface area contributed by atoms with Gasteiger partial charge in [0, 0.05) is 30.2 Å². The fraction of sp³-hybridized carbons (Fsp3) is 0.273. The number of aromatic hydroxyl groups is 1. The second-order valence-corrected chi connectivity index (χ2v) is 9.03. The summed E-state index contributed by atoms with van der Waals surface area (Å²) in [6.45, 7) is 2.21. The molecule has 1 N–H and O–H groups in total. The zero-order valence-electron chi connectivity index (χ0n) is 15.5. The number of phenolic OH excluding ortho intramolecular Hbond substituents is 1. The first-order chi connectivity index (χ1) is 13.7. The SMILES string of the molecule is O=C(c1ccccc1CSC1=NCCS1)N1CC=C(c2ccc(O)cc2)CC1. The highest BCUT2D eigenvalue weighted by Gasteiger charge is 2.21. The van der Waals surface area contributed by atoms with Crippen LogP contribution in [0.25, 0.3) is 5.57 Å². The highest BCUT2D eigenvalue weighted by molar-refractivity contribution is 8.38. The molecule has 144 valence electrons. The molecule has 2 aromatic rings. The van der Waals surface area contributed by atoms with Crippen molar-refractivity contribution in [2.75, 3.05) is 25.4 Å². The van der Waals surface area contributed by atoms with Crippen LogP contribution in [-0.4, -0.2) is 45.7 Å². The molecule has 0 fully saturated rings. The molecule has 2 aromatic carbocycles. The third-order valence-electron chi connectivity index (χ3n) is 4.89. The van der Waals surface area contributed by atoms with Crippen LogP contribution in [-0.2, 0) is 5.75 Å². The maximum Gasteiger partial charge on any atom is 0.254 e. The van der Waals surface area contributed by atoms with Crippen LogP contribution in [0.1, 0.15) is 27.9 Å². The molecule has 0 spiro atoms. The minimum atomic E-state index is 0.0956. The Morgan fingerprint density at radius 1 is 1.18 bits per heavy atom. The number of phenols is 1. The molecule has 0 aliphatic carbocycles. The molecule has 0 bridgehead atoms. The van der Waals surface area contributed by atoms with Crippen molar-refractivity contribution in [3.05, 3.63) is 71.3 Å². The smallest absolute Gasteiger partial charge is 0.254 e. The Labute approximate surface area is 173 Å². The van der Waals surface area contributed by atoms with E-state index < -0.39 is 0 Å². The van der Waals surface area contributed by atoms with E-state index in [9.17, 15) is 9.90 Å². The first kappa shape index (κ1) is 19.2. The Morgan fingerprint density at radius 2 is 2.00 bits per heavy atom. The number of hydrogen-bond donors (Lipinski definition) is 1. The fourth-order valence-electron chi connectivity index (χ4n) is 3.36. The van der Waals surface area contributed by atoms with Crippen molar-refractivity contribution < 1.29 is 9.90 Å². The summed E-state index contributed by atoms with van der Waals surface area (Å²) in [7, 11) is 0. The number of rotatable bonds is 4. The highest BCUT2D eigenvalue weighted by Crippen LogP contribution is 2.28. The molecule has 4 rings (SSSR count). The number of aliphatic imine (C=N–C) groups is 1. The first-order valence-corrected chi connectivity index (χ1v) is 11.3. The van der Waals surface area contributed by atoms with Crippen molar-refractivity contribution >= 4 is 39.4 Å². The Morgan fingerprint density at radius 3 is 2.71 bits per heavy atom. The molecule has 6 heteroatoms. The van der Waals surface area contributed by atoms with E-state index in [0.717, 1.165) is 45.5 Å². The van der Waals surface area contributed by atoms with Crippen LogP contribution in [0.3, 0.4) is 0 Å². The zero-order valence-corrected chi connectivity index (χ0v) is 17.1. The van der Waals surface area contributed by atoms with Crippen molar-refractivity contribution in [3.63, 3.8) is 0 Å². The number of nitrogens with zero attached hydrogens (tertiary/aromatic N) is 2. The van der Waals surface area contributed by atoms with Gasteiger partial charge in [0.05, 0.1) is 6.54 Å². The lowest BCUT2D eigenvalue weighted by atomic mass is 9.98. The van der Waals surface area contributed by atoms with Crippen LogP contribution in [0.5, 0.6) is 5.75 Å². The number of thioether (sulfide) groups is 2. The lowest BCUT2D eigenvalue weighted by Gasteiger charge is -2.27. The predicted octanol–water partition coefficient (Wildman–Crippen LogP) is 4.66. The van der Waals surface area contributed by atoms with Crippen molar-refractivity contribution in [1.29, 1.82) is 0 Å². The molecule has 1 amide bonds. The van der Waals surface area contributed by atoms with Crippen molar-refractivity contribution in [1.82, 2.24) is 4.90 Å². The minimum absolute atomic E-state index is 0.0956. The Balaban J connectivity index is 1.44. The van der Waals surface area contributed by atoms with Crippen molar-refractivity contribution in [2.45, 2.75) is 12.2 Å². The van der Waals surface area contributed by atoms with E-state index in [0.29, 0.717) is 13.1 Å². The number of amides is 1. The Kier molecular flexibility index (Phi) is 6.07. The highest BCUT2D eigenvalue weighted by atomic mass is 32.2. The molecular formula is C22H22N2O2S2. The normalized spacial score (nSPS) is 16.6. The Bertz CT molecular complexity index is 922. The molecule has 0 saturated carbocycles. The molecule has 4 nitrogen and oxygen atoms in total. The summed E-state index contributed by atoms with van der Waals surface area (Å²) in [6.07, 6.45) is 2.94. The van der Waals surface area contributed by atoms with E-state index in [-0.39, 0.29) is 11.7 Å². The summed E-state index contributed by atoms with van der Waals surface area (Å²) >= 11 is 3.52. The zero-order chi connectivity index (χ0) is 19.3. The number of benzene rings is 2. The van der Waals surface area contributed by atoms with Crippen LogP contribution in [0.2, 0.25) is 0 Å². The summed E-state index contributed by atoms with van der Waals surface area (Å²) in [5.74, 6) is 2.20. The molecule has 0 saturated heterocycles. The van der Waals surface area contributed by atoms with E-state index in [4.69, 9.17) is 0 Å². The van der Waals surface area contributed by atoms with E-state index in [1.807, 2.05) is 41.3 Å². The topological polar surface area (TPSA) is 52.9 Å². The second kappa shape index (κ2) is 8.88. The van der Waals surface area contributed by atoms with Crippen LogP contribution in [0, 0.1) is 0 Å². The summed E-state index contributed by atoms with van der Waals surface area (Å²) in [4.78, 5) is 19.5. The third-order valence-corrected chi connectivity index (χ3v) is 7.19. The number of carbonyl (C=O) groups excluding carboxylic acids is 1. The Hall–Kier alpha value is -2.18. The average molecular weight is 411 g/mol. The molecule has 2 heterocycles. The van der Waals surface area contributed by atoms with Gasteiger partial charge in [-0.3, -0.25) is 9.79 Å². The lowest BCUT2D eigenvalue weighted by molar-refractivity contribution is 0.0772. The molecule has 0 aromatic heterocycles. The van der Waals surface area contributed by atoms with Crippen molar-refractivity contribution in [3.8, 4) is 5.75 Å². The van der Waals surface area contributed by atoms with Crippen molar-refractivity contribution in [2.24, 2.45) is 4.99 Å². The predicted molar refractivity (Wildman–Crippen MR) is 119 cm³/mol. The van der Waals surface area contributed by atoms with Gasteiger partial charge in [-0.2, -0.15) is 0 Å². The summed E-state index contributed by atoms with van der Waals surface area (Å²) in [5.41, 5.74) is 4.20. The maximum absolute atomic E-state index is 13.1. The molecule has 2 aliphatic rings. The van der Waals surface area contributed by atoms with Gasteiger partial charge >= 0.3 is 0 Å². The van der Waals surface area contributed by atoms with Gasteiger partial charge in [0.15, 0.2) is 0 Å². The standard InChI is InChI=1S/C22H22N2O2S2/c25-19-7-5-16(6-8-19)17-9-12-24(13-10-17)21(26)20-4-2-1-3-18(20)15-28-22-23-11-14-27-22/h1-9,25H,10-15H2. The quantitative estimate of drug-likeness (QED) is 0.797. The van der Waals surface area contributed by atoms with Gasteiger partial charge in [0.2, 0.25) is 0 Å². The van der Waals surface area contributed by atoms with Gasteiger partial charge in [-0.05, 0) is 41.3 Å². The molecular weight excluding hydrogens is 388 g/mol. The van der Waals surface area contributed by atoms with Crippen LogP contribution in [0.4, 0.5) is 0 Å². The summed E-state index contributed by atoms with van der Waals surface area (Å²) in [5, 5.41) is 9.45. The number of hydrogen-bond acceptors (Lipinski definition) is 5. The van der Waals surface area contributed by atoms with Crippen LogP contribution < -0.4 is 0 Å². The average Bonchev–Trinajstić information content (AvgIpc) is 3.26. The third kappa shape index (κ3) is 4.45. The molecule has 0 atom stereocenters. The van der Waals surface area contributed by atoms with E-state index in [2.05, 4.69) is 11.1 Å². The molecule has 0 unspecified atom stereocenters. The van der Waals surface area contributed by atoms with E-state index in [1.54, 1.807) is 35.7 Å². The minimum Gasteiger partial charge on any atom is -0.508 e. The first-order valence-electron chi connectivity index (χ1n) is 9.36. The van der Waals surface area contributed by atoms with Gasteiger partial charge in [-0.25, -0.2) is 0 Å².